The maximum absolute atomic E-state index is 11.4. The van der Waals surface area contributed by atoms with E-state index in [0.29, 0.717) is 13.0 Å². The molecule has 1 saturated heterocycles. The van der Waals surface area contributed by atoms with Gasteiger partial charge in [-0.15, -0.1) is 0 Å². The molecule has 1 heterocycles. The molecule has 1 aromatic rings. The Bertz CT molecular complexity index is 526. The zero-order valence-electron chi connectivity index (χ0n) is 12.0. The Hall–Kier alpha value is -1.27. The van der Waals surface area contributed by atoms with Crippen LogP contribution in [0.2, 0.25) is 0 Å². The highest BCUT2D eigenvalue weighted by Crippen LogP contribution is 2.20. The van der Waals surface area contributed by atoms with Crippen molar-refractivity contribution in [1.29, 1.82) is 0 Å². The van der Waals surface area contributed by atoms with E-state index < -0.39 is 9.84 Å². The lowest BCUT2D eigenvalue weighted by Gasteiger charge is -2.14. The van der Waals surface area contributed by atoms with Crippen LogP contribution in [0.3, 0.4) is 0 Å². The predicted molar refractivity (Wildman–Crippen MR) is 81.2 cm³/mol. The van der Waals surface area contributed by atoms with E-state index in [1.165, 1.54) is 0 Å². The number of hydrogen-bond donors (Lipinski definition) is 1. The number of hydrogen-bond acceptors (Lipinski definition) is 5. The quantitative estimate of drug-likeness (QED) is 0.856. The van der Waals surface area contributed by atoms with Gasteiger partial charge in [0.05, 0.1) is 11.5 Å². The topological polar surface area (TPSA) is 58.6 Å². The third-order valence-corrected chi connectivity index (χ3v) is 5.03. The van der Waals surface area contributed by atoms with Crippen molar-refractivity contribution in [2.45, 2.75) is 12.5 Å². The van der Waals surface area contributed by atoms with E-state index in [4.69, 9.17) is 4.74 Å². The molecule has 0 bridgehead atoms. The summed E-state index contributed by atoms with van der Waals surface area (Å²) in [5, 5.41) is 3.26. The summed E-state index contributed by atoms with van der Waals surface area (Å²) in [6, 6.07) is 7.69. The zero-order valence-corrected chi connectivity index (χ0v) is 12.8. The van der Waals surface area contributed by atoms with E-state index in [1.807, 2.05) is 38.4 Å². The second kappa shape index (κ2) is 6.45. The molecule has 1 aromatic carbocycles. The van der Waals surface area contributed by atoms with Gasteiger partial charge in [0.15, 0.2) is 9.84 Å². The van der Waals surface area contributed by atoms with Gasteiger partial charge in [-0.05, 0) is 44.8 Å². The fraction of sp³-hybridized carbons (Fsp3) is 0.571. The standard InChI is InChI=1S/C14H22N2O3S/c1-16(2)8-9-19-14-5-3-12(4-6-14)15-13-7-10-20(17,18)11-13/h3-6,13,15H,7-11H2,1-2H3. The first-order valence-electron chi connectivity index (χ1n) is 6.79. The summed E-state index contributed by atoms with van der Waals surface area (Å²) in [7, 11) is 1.18. The van der Waals surface area contributed by atoms with Gasteiger partial charge in [0.25, 0.3) is 0 Å². The summed E-state index contributed by atoms with van der Waals surface area (Å²) in [6.07, 6.45) is 0.684. The molecule has 1 aliphatic heterocycles. The molecule has 0 radical (unpaired) electrons. The molecule has 1 N–H and O–H groups in total. The minimum absolute atomic E-state index is 0.0282. The summed E-state index contributed by atoms with van der Waals surface area (Å²) in [6.45, 7) is 1.53. The van der Waals surface area contributed by atoms with Crippen LogP contribution in [0.5, 0.6) is 5.75 Å². The van der Waals surface area contributed by atoms with Crippen LogP contribution in [0.15, 0.2) is 24.3 Å². The molecule has 1 aliphatic rings. The number of nitrogens with one attached hydrogen (secondary N) is 1. The molecule has 2 rings (SSSR count). The summed E-state index contributed by atoms with van der Waals surface area (Å²) < 4.78 is 28.4. The third kappa shape index (κ3) is 4.68. The van der Waals surface area contributed by atoms with Gasteiger partial charge in [-0.1, -0.05) is 0 Å². The molecule has 1 atom stereocenters. The fourth-order valence-electron chi connectivity index (χ4n) is 2.14. The lowest BCUT2D eigenvalue weighted by Crippen LogP contribution is -2.20. The molecule has 5 nitrogen and oxygen atoms in total. The Kier molecular flexibility index (Phi) is 4.88. The molecular formula is C14H22N2O3S. The average Bonchev–Trinajstić information content (AvgIpc) is 2.70. The van der Waals surface area contributed by atoms with Crippen LogP contribution in [0.1, 0.15) is 6.42 Å². The molecular weight excluding hydrogens is 276 g/mol. The highest BCUT2D eigenvalue weighted by Gasteiger charge is 2.27. The van der Waals surface area contributed by atoms with Crippen molar-refractivity contribution in [2.75, 3.05) is 44.1 Å². The first kappa shape index (κ1) is 15.1. The monoisotopic (exact) mass is 298 g/mol. The number of anilines is 1. The van der Waals surface area contributed by atoms with Crippen LogP contribution < -0.4 is 10.1 Å². The first-order valence-corrected chi connectivity index (χ1v) is 8.61. The van der Waals surface area contributed by atoms with Crippen LogP contribution in [0.25, 0.3) is 0 Å². The largest absolute Gasteiger partial charge is 0.492 e. The van der Waals surface area contributed by atoms with Crippen LogP contribution >= 0.6 is 0 Å². The average molecular weight is 298 g/mol. The SMILES string of the molecule is CN(C)CCOc1ccc(NC2CCS(=O)(=O)C2)cc1. The summed E-state index contributed by atoms with van der Waals surface area (Å²) in [5.41, 5.74) is 0.937. The second-order valence-corrected chi connectivity index (χ2v) is 7.65. The minimum Gasteiger partial charge on any atom is -0.492 e. The summed E-state index contributed by atoms with van der Waals surface area (Å²) in [5.74, 6) is 1.35. The van der Waals surface area contributed by atoms with Crippen molar-refractivity contribution in [3.05, 3.63) is 24.3 Å². The minimum atomic E-state index is -2.84. The first-order chi connectivity index (χ1) is 9.44. The van der Waals surface area contributed by atoms with Crippen molar-refractivity contribution in [3.8, 4) is 5.75 Å². The smallest absolute Gasteiger partial charge is 0.152 e. The van der Waals surface area contributed by atoms with Crippen molar-refractivity contribution < 1.29 is 13.2 Å². The highest BCUT2D eigenvalue weighted by atomic mass is 32.2. The van der Waals surface area contributed by atoms with Gasteiger partial charge in [-0.2, -0.15) is 0 Å². The Morgan fingerprint density at radius 1 is 1.30 bits per heavy atom. The summed E-state index contributed by atoms with van der Waals surface area (Å²) >= 11 is 0. The van der Waals surface area contributed by atoms with Crippen molar-refractivity contribution in [3.63, 3.8) is 0 Å². The maximum Gasteiger partial charge on any atom is 0.152 e. The number of nitrogens with zero attached hydrogens (tertiary/aromatic N) is 1. The molecule has 0 aromatic heterocycles. The Morgan fingerprint density at radius 2 is 2.00 bits per heavy atom. The summed E-state index contributed by atoms with van der Waals surface area (Å²) in [4.78, 5) is 2.07. The van der Waals surface area contributed by atoms with Gasteiger partial charge >= 0.3 is 0 Å². The van der Waals surface area contributed by atoms with Gasteiger partial charge in [-0.25, -0.2) is 8.42 Å². The van der Waals surface area contributed by atoms with Crippen molar-refractivity contribution in [1.82, 2.24) is 4.90 Å². The van der Waals surface area contributed by atoms with Gasteiger partial charge in [0, 0.05) is 18.3 Å². The second-order valence-electron chi connectivity index (χ2n) is 5.42. The number of rotatable bonds is 6. The lowest BCUT2D eigenvalue weighted by molar-refractivity contribution is 0.261. The molecule has 0 spiro atoms. The number of ether oxygens (including phenoxy) is 1. The number of sulfone groups is 1. The molecule has 6 heteroatoms. The number of likely N-dealkylation sites (N-methyl/N-ethyl adjacent to an activating group) is 1. The van der Waals surface area contributed by atoms with Gasteiger partial charge < -0.3 is 15.0 Å². The van der Waals surface area contributed by atoms with Gasteiger partial charge in [0.1, 0.15) is 12.4 Å². The molecule has 1 fully saturated rings. The van der Waals surface area contributed by atoms with E-state index in [1.54, 1.807) is 0 Å². The Balaban J connectivity index is 1.82. The lowest BCUT2D eigenvalue weighted by atomic mass is 10.2. The molecule has 0 aliphatic carbocycles. The van der Waals surface area contributed by atoms with Gasteiger partial charge in [0.2, 0.25) is 0 Å². The van der Waals surface area contributed by atoms with E-state index >= 15 is 0 Å². The third-order valence-electron chi connectivity index (χ3n) is 3.26. The fourth-order valence-corrected chi connectivity index (χ4v) is 3.81. The van der Waals surface area contributed by atoms with Crippen molar-refractivity contribution in [2.24, 2.45) is 0 Å². The van der Waals surface area contributed by atoms with E-state index in [2.05, 4.69) is 10.2 Å². The van der Waals surface area contributed by atoms with Gasteiger partial charge in [-0.3, -0.25) is 0 Å². The van der Waals surface area contributed by atoms with Crippen LogP contribution in [0, 0.1) is 0 Å². The van der Waals surface area contributed by atoms with E-state index in [9.17, 15) is 8.42 Å². The zero-order chi connectivity index (χ0) is 14.6. The maximum atomic E-state index is 11.4. The van der Waals surface area contributed by atoms with Crippen LogP contribution in [-0.2, 0) is 9.84 Å². The predicted octanol–water partition coefficient (Wildman–Crippen LogP) is 1.23. The van der Waals surface area contributed by atoms with Crippen LogP contribution in [0.4, 0.5) is 5.69 Å². The number of benzene rings is 1. The van der Waals surface area contributed by atoms with E-state index in [-0.39, 0.29) is 17.5 Å². The Labute approximate surface area is 120 Å². The Morgan fingerprint density at radius 3 is 2.55 bits per heavy atom. The highest BCUT2D eigenvalue weighted by molar-refractivity contribution is 7.91. The van der Waals surface area contributed by atoms with E-state index in [0.717, 1.165) is 18.0 Å². The molecule has 112 valence electrons. The normalized spacial score (nSPS) is 21.1. The van der Waals surface area contributed by atoms with Crippen molar-refractivity contribution >= 4 is 15.5 Å². The molecule has 0 amide bonds. The molecule has 1 unspecified atom stereocenters. The molecule has 20 heavy (non-hydrogen) atoms. The molecule has 0 saturated carbocycles. The van der Waals surface area contributed by atoms with Crippen LogP contribution in [-0.4, -0.2) is 58.1 Å².